The summed E-state index contributed by atoms with van der Waals surface area (Å²) in [6.45, 7) is 7.90. The molecule has 146 valence electrons. The first-order valence-corrected chi connectivity index (χ1v) is 9.71. The van der Waals surface area contributed by atoms with E-state index >= 15 is 0 Å². The van der Waals surface area contributed by atoms with Crippen LogP contribution in [0.5, 0.6) is 0 Å². The fourth-order valence-electron chi connectivity index (χ4n) is 3.92. The molecule has 2 aliphatic heterocycles. The zero-order valence-electron chi connectivity index (χ0n) is 15.8. The predicted molar refractivity (Wildman–Crippen MR) is 98.0 cm³/mol. The molecule has 0 unspecified atom stereocenters. The minimum absolute atomic E-state index is 0.138. The van der Waals surface area contributed by atoms with Crippen LogP contribution in [0.1, 0.15) is 36.2 Å². The van der Waals surface area contributed by atoms with Crippen LogP contribution in [-0.4, -0.2) is 74.9 Å². The highest BCUT2D eigenvalue weighted by molar-refractivity contribution is 5.76. The van der Waals surface area contributed by atoms with Gasteiger partial charge in [0.15, 0.2) is 5.82 Å². The summed E-state index contributed by atoms with van der Waals surface area (Å²) in [5, 5.41) is 11.8. The average molecular weight is 373 g/mol. The summed E-state index contributed by atoms with van der Waals surface area (Å²) in [6.07, 6.45) is 4.13. The van der Waals surface area contributed by atoms with Crippen molar-refractivity contribution in [2.24, 2.45) is 0 Å². The van der Waals surface area contributed by atoms with Gasteiger partial charge >= 0.3 is 0 Å². The fraction of sp³-hybridized carbons (Fsp3) is 0.667. The van der Waals surface area contributed by atoms with Crippen LogP contribution in [0.4, 0.5) is 0 Å². The molecule has 0 aromatic carbocycles. The molecule has 1 amide bonds. The Kier molecular flexibility index (Phi) is 5.49. The second-order valence-electron chi connectivity index (χ2n) is 7.34. The lowest BCUT2D eigenvalue weighted by molar-refractivity contribution is -0.133. The van der Waals surface area contributed by atoms with E-state index in [-0.39, 0.29) is 5.91 Å². The highest BCUT2D eigenvalue weighted by Gasteiger charge is 2.24. The van der Waals surface area contributed by atoms with Crippen molar-refractivity contribution in [3.8, 4) is 0 Å². The molecule has 2 aromatic heterocycles. The first-order valence-electron chi connectivity index (χ1n) is 9.71. The molecule has 2 aliphatic rings. The monoisotopic (exact) mass is 373 g/mol. The van der Waals surface area contributed by atoms with E-state index in [1.54, 1.807) is 6.92 Å². The molecule has 2 aromatic rings. The lowest BCUT2D eigenvalue weighted by atomic mass is 9.96. The van der Waals surface area contributed by atoms with Crippen LogP contribution >= 0.6 is 0 Å². The molecule has 0 spiro atoms. The molecule has 0 saturated carbocycles. The maximum Gasteiger partial charge on any atom is 0.244 e. The van der Waals surface area contributed by atoms with Gasteiger partial charge in [-0.25, -0.2) is 0 Å². The minimum atomic E-state index is 0.138. The highest BCUT2D eigenvalue weighted by atomic mass is 16.5. The van der Waals surface area contributed by atoms with Crippen LogP contribution in [0.15, 0.2) is 16.8 Å². The van der Waals surface area contributed by atoms with Gasteiger partial charge < -0.3 is 14.7 Å². The smallest absolute Gasteiger partial charge is 0.244 e. The third-order valence-corrected chi connectivity index (χ3v) is 5.41. The van der Waals surface area contributed by atoms with Gasteiger partial charge in [-0.2, -0.15) is 10.1 Å². The van der Waals surface area contributed by atoms with E-state index < -0.39 is 0 Å². The van der Waals surface area contributed by atoms with Gasteiger partial charge in [0.25, 0.3) is 0 Å². The van der Waals surface area contributed by atoms with E-state index in [4.69, 9.17) is 4.52 Å². The van der Waals surface area contributed by atoms with Gasteiger partial charge in [-0.15, -0.1) is 0 Å². The van der Waals surface area contributed by atoms with Crippen molar-refractivity contribution in [1.29, 1.82) is 0 Å². The maximum absolute atomic E-state index is 12.8. The standard InChI is InChI=1S/C18H27N7O2/c1-14-21-17(22-27-14)12-23-7-9-24(10-8-23)18(26)13-25-16(4-6-20-25)15-3-2-5-19-11-15/h4,6,15,19H,2-3,5,7-13H2,1H3/t15-/m0/s1. The zero-order valence-corrected chi connectivity index (χ0v) is 15.8. The summed E-state index contributed by atoms with van der Waals surface area (Å²) < 4.78 is 6.90. The number of amides is 1. The van der Waals surface area contributed by atoms with Gasteiger partial charge in [0, 0.05) is 57.5 Å². The van der Waals surface area contributed by atoms with Crippen molar-refractivity contribution in [3.05, 3.63) is 29.7 Å². The van der Waals surface area contributed by atoms with Gasteiger partial charge in [0.2, 0.25) is 11.8 Å². The Morgan fingerprint density at radius 3 is 2.89 bits per heavy atom. The van der Waals surface area contributed by atoms with Crippen LogP contribution in [0.2, 0.25) is 0 Å². The fourth-order valence-corrected chi connectivity index (χ4v) is 3.92. The number of carbonyl (C=O) groups excluding carboxylic acids is 1. The second-order valence-corrected chi connectivity index (χ2v) is 7.34. The second kappa shape index (κ2) is 8.18. The number of carbonyl (C=O) groups is 1. The van der Waals surface area contributed by atoms with E-state index in [0.29, 0.717) is 30.7 Å². The normalized spacial score (nSPS) is 21.5. The number of hydrogen-bond donors (Lipinski definition) is 1. The van der Waals surface area contributed by atoms with Crippen molar-refractivity contribution in [1.82, 2.24) is 35.0 Å². The summed E-state index contributed by atoms with van der Waals surface area (Å²) in [6, 6.07) is 2.05. The van der Waals surface area contributed by atoms with Gasteiger partial charge in [0.1, 0.15) is 6.54 Å². The van der Waals surface area contributed by atoms with E-state index in [2.05, 4.69) is 31.5 Å². The topological polar surface area (TPSA) is 92.3 Å². The molecule has 1 atom stereocenters. The van der Waals surface area contributed by atoms with Gasteiger partial charge in [-0.1, -0.05) is 5.16 Å². The number of nitrogens with zero attached hydrogens (tertiary/aromatic N) is 6. The molecule has 2 fully saturated rings. The Labute approximate surface area is 158 Å². The number of aromatic nitrogens is 4. The Morgan fingerprint density at radius 2 is 2.19 bits per heavy atom. The lowest BCUT2D eigenvalue weighted by Crippen LogP contribution is -2.49. The number of aryl methyl sites for hydroxylation is 1. The summed E-state index contributed by atoms with van der Waals surface area (Å²) in [5.74, 6) is 1.87. The molecule has 2 saturated heterocycles. The van der Waals surface area contributed by atoms with Crippen molar-refractivity contribution >= 4 is 5.91 Å². The number of rotatable bonds is 5. The lowest BCUT2D eigenvalue weighted by Gasteiger charge is -2.34. The van der Waals surface area contributed by atoms with E-state index in [1.807, 2.05) is 15.8 Å². The molecule has 9 heteroatoms. The first kappa shape index (κ1) is 18.1. The Bertz CT molecular complexity index is 757. The molecule has 0 radical (unpaired) electrons. The van der Waals surface area contributed by atoms with Gasteiger partial charge in [-0.3, -0.25) is 14.4 Å². The van der Waals surface area contributed by atoms with Crippen molar-refractivity contribution in [2.75, 3.05) is 39.3 Å². The molecule has 4 rings (SSSR count). The van der Waals surface area contributed by atoms with E-state index in [0.717, 1.165) is 45.7 Å². The molecule has 0 bridgehead atoms. The number of hydrogen-bond acceptors (Lipinski definition) is 7. The quantitative estimate of drug-likeness (QED) is 0.810. The maximum atomic E-state index is 12.8. The van der Waals surface area contributed by atoms with Crippen LogP contribution in [0, 0.1) is 6.92 Å². The molecule has 27 heavy (non-hydrogen) atoms. The third kappa shape index (κ3) is 4.36. The average Bonchev–Trinajstić information content (AvgIpc) is 3.32. The Balaban J connectivity index is 1.29. The van der Waals surface area contributed by atoms with E-state index in [1.165, 1.54) is 12.1 Å². The van der Waals surface area contributed by atoms with Gasteiger partial charge in [-0.05, 0) is 25.5 Å². The Morgan fingerprint density at radius 1 is 1.33 bits per heavy atom. The van der Waals surface area contributed by atoms with Crippen LogP contribution in [0.3, 0.4) is 0 Å². The first-order chi connectivity index (χ1) is 13.2. The largest absolute Gasteiger partial charge is 0.340 e. The van der Waals surface area contributed by atoms with Crippen molar-refractivity contribution in [3.63, 3.8) is 0 Å². The van der Waals surface area contributed by atoms with E-state index in [9.17, 15) is 4.79 Å². The SMILES string of the molecule is Cc1nc(CN2CCN(C(=O)Cn3nccc3[C@H]3CCCNC3)CC2)no1. The summed E-state index contributed by atoms with van der Waals surface area (Å²) >= 11 is 0. The summed E-state index contributed by atoms with van der Waals surface area (Å²) in [7, 11) is 0. The number of piperazine rings is 1. The highest BCUT2D eigenvalue weighted by Crippen LogP contribution is 2.23. The van der Waals surface area contributed by atoms with Crippen LogP contribution in [-0.2, 0) is 17.9 Å². The zero-order chi connectivity index (χ0) is 18.6. The summed E-state index contributed by atoms with van der Waals surface area (Å²) in [4.78, 5) is 21.2. The predicted octanol–water partition coefficient (Wildman–Crippen LogP) is 0.386. The number of nitrogens with one attached hydrogen (secondary N) is 1. The van der Waals surface area contributed by atoms with Crippen molar-refractivity contribution in [2.45, 2.75) is 38.8 Å². The molecule has 4 heterocycles. The molecule has 9 nitrogen and oxygen atoms in total. The van der Waals surface area contributed by atoms with Crippen LogP contribution < -0.4 is 5.32 Å². The Hall–Kier alpha value is -2.26. The molecule has 0 aliphatic carbocycles. The van der Waals surface area contributed by atoms with Crippen molar-refractivity contribution < 1.29 is 9.32 Å². The van der Waals surface area contributed by atoms with Crippen LogP contribution in [0.25, 0.3) is 0 Å². The number of piperidine rings is 1. The summed E-state index contributed by atoms with van der Waals surface area (Å²) in [5.41, 5.74) is 1.17. The minimum Gasteiger partial charge on any atom is -0.340 e. The molecule has 1 N–H and O–H groups in total. The third-order valence-electron chi connectivity index (χ3n) is 5.41. The molecular formula is C18H27N7O2. The van der Waals surface area contributed by atoms with Gasteiger partial charge in [0.05, 0.1) is 6.54 Å². The molecular weight excluding hydrogens is 346 g/mol.